The summed E-state index contributed by atoms with van der Waals surface area (Å²) in [5.41, 5.74) is 11.3. The van der Waals surface area contributed by atoms with Crippen LogP contribution in [0.1, 0.15) is 65.5 Å². The Labute approximate surface area is 156 Å². The summed E-state index contributed by atoms with van der Waals surface area (Å²) in [5, 5.41) is 3.02. The van der Waals surface area contributed by atoms with Gasteiger partial charge in [-0.05, 0) is 57.4 Å². The minimum absolute atomic E-state index is 0. The molecule has 3 rings (SSSR count). The summed E-state index contributed by atoms with van der Waals surface area (Å²) < 4.78 is 2.36. The minimum atomic E-state index is -0.0566. The predicted octanol–water partition coefficient (Wildman–Crippen LogP) is 5.17. The van der Waals surface area contributed by atoms with Gasteiger partial charge in [-0.25, -0.2) is 0 Å². The topological polar surface area (TPSA) is 60.0 Å². The van der Waals surface area contributed by atoms with Gasteiger partial charge in [0.1, 0.15) is 0 Å². The molecule has 1 aromatic carbocycles. The summed E-state index contributed by atoms with van der Waals surface area (Å²) in [5.74, 6) is -0.0566. The fourth-order valence-corrected chi connectivity index (χ4v) is 3.87. The molecule has 1 aromatic heterocycles. The maximum Gasteiger partial charge on any atom is 0.257 e. The highest BCUT2D eigenvalue weighted by atomic mass is 35.5. The first-order valence-electron chi connectivity index (χ1n) is 8.83. The van der Waals surface area contributed by atoms with Gasteiger partial charge in [0, 0.05) is 28.8 Å². The Morgan fingerprint density at radius 1 is 1.12 bits per heavy atom. The van der Waals surface area contributed by atoms with Crippen LogP contribution >= 0.6 is 12.4 Å². The third-order valence-electron chi connectivity index (χ3n) is 5.18. The Morgan fingerprint density at radius 2 is 1.80 bits per heavy atom. The van der Waals surface area contributed by atoms with E-state index in [0.717, 1.165) is 22.5 Å². The van der Waals surface area contributed by atoms with Crippen molar-refractivity contribution in [2.24, 2.45) is 0 Å². The van der Waals surface area contributed by atoms with E-state index in [4.69, 9.17) is 5.73 Å². The van der Waals surface area contributed by atoms with Gasteiger partial charge in [0.2, 0.25) is 0 Å². The van der Waals surface area contributed by atoms with Crippen molar-refractivity contribution in [3.05, 3.63) is 46.8 Å². The molecule has 1 heterocycles. The molecule has 1 aliphatic carbocycles. The van der Waals surface area contributed by atoms with Crippen LogP contribution in [-0.2, 0) is 0 Å². The lowest BCUT2D eigenvalue weighted by molar-refractivity contribution is 0.102. The zero-order chi connectivity index (χ0) is 17.3. The van der Waals surface area contributed by atoms with E-state index >= 15 is 0 Å². The molecule has 0 spiro atoms. The second kappa shape index (κ2) is 7.96. The maximum absolute atomic E-state index is 12.8. The van der Waals surface area contributed by atoms with Gasteiger partial charge in [0.05, 0.1) is 5.56 Å². The lowest BCUT2D eigenvalue weighted by atomic mass is 9.95. The Hall–Kier alpha value is -1.94. The van der Waals surface area contributed by atoms with Crippen molar-refractivity contribution in [3.63, 3.8) is 0 Å². The Bertz CT molecular complexity index is 761. The van der Waals surface area contributed by atoms with E-state index in [2.05, 4.69) is 23.7 Å². The fourth-order valence-electron chi connectivity index (χ4n) is 3.87. The fraction of sp³-hybridized carbons (Fsp3) is 0.450. The number of nitrogens with two attached hydrogens (primary N) is 1. The number of benzene rings is 1. The highest BCUT2D eigenvalue weighted by Crippen LogP contribution is 2.32. The largest absolute Gasteiger partial charge is 0.399 e. The summed E-state index contributed by atoms with van der Waals surface area (Å²) in [6.07, 6.45) is 6.33. The SMILES string of the molecule is Cc1ccc(N)cc1NC(=O)c1cc(C)n(C2CCCCC2)c1C.Cl. The van der Waals surface area contributed by atoms with Crippen molar-refractivity contribution >= 4 is 29.7 Å². The van der Waals surface area contributed by atoms with Crippen LogP contribution in [0.3, 0.4) is 0 Å². The van der Waals surface area contributed by atoms with Gasteiger partial charge >= 0.3 is 0 Å². The Balaban J connectivity index is 0.00000225. The molecule has 2 aromatic rings. The number of hydrogen-bond donors (Lipinski definition) is 2. The molecule has 1 amide bonds. The molecule has 1 aliphatic rings. The summed E-state index contributed by atoms with van der Waals surface area (Å²) >= 11 is 0. The molecule has 25 heavy (non-hydrogen) atoms. The molecule has 0 radical (unpaired) electrons. The minimum Gasteiger partial charge on any atom is -0.399 e. The number of carbonyl (C=O) groups excluding carboxylic acids is 1. The van der Waals surface area contributed by atoms with Gasteiger partial charge in [-0.1, -0.05) is 25.3 Å². The molecular weight excluding hydrogens is 334 g/mol. The van der Waals surface area contributed by atoms with Crippen molar-refractivity contribution in [3.8, 4) is 0 Å². The quantitative estimate of drug-likeness (QED) is 0.740. The second-order valence-electron chi connectivity index (χ2n) is 6.98. The van der Waals surface area contributed by atoms with Gasteiger partial charge in [0.15, 0.2) is 0 Å². The number of aromatic nitrogens is 1. The monoisotopic (exact) mass is 361 g/mol. The molecular formula is C20H28ClN3O. The molecule has 3 N–H and O–H groups in total. The average Bonchev–Trinajstić information content (AvgIpc) is 2.86. The number of amides is 1. The van der Waals surface area contributed by atoms with Crippen LogP contribution in [0.5, 0.6) is 0 Å². The standard InChI is InChI=1S/C20H27N3O.ClH/c1-13-9-10-16(21)12-19(13)22-20(24)18-11-14(2)23(15(18)3)17-7-5-4-6-8-17;/h9-12,17H,4-8,21H2,1-3H3,(H,22,24);1H. The lowest BCUT2D eigenvalue weighted by Gasteiger charge is -2.26. The van der Waals surface area contributed by atoms with E-state index in [9.17, 15) is 4.79 Å². The molecule has 0 bridgehead atoms. The third kappa shape index (κ3) is 4.01. The number of rotatable bonds is 3. The Kier molecular flexibility index (Phi) is 6.17. The Morgan fingerprint density at radius 3 is 2.48 bits per heavy atom. The first-order valence-corrected chi connectivity index (χ1v) is 8.83. The van der Waals surface area contributed by atoms with Crippen molar-refractivity contribution in [2.75, 3.05) is 11.1 Å². The van der Waals surface area contributed by atoms with Crippen LogP contribution in [-0.4, -0.2) is 10.5 Å². The van der Waals surface area contributed by atoms with E-state index in [1.54, 1.807) is 0 Å². The van der Waals surface area contributed by atoms with Gasteiger partial charge in [-0.3, -0.25) is 4.79 Å². The molecule has 0 atom stereocenters. The number of hydrogen-bond acceptors (Lipinski definition) is 2. The van der Waals surface area contributed by atoms with Gasteiger partial charge in [-0.15, -0.1) is 12.4 Å². The first kappa shape index (κ1) is 19.4. The van der Waals surface area contributed by atoms with Crippen molar-refractivity contribution < 1.29 is 4.79 Å². The van der Waals surface area contributed by atoms with Crippen molar-refractivity contribution in [2.45, 2.75) is 58.9 Å². The number of nitrogens with zero attached hydrogens (tertiary/aromatic N) is 1. The van der Waals surface area contributed by atoms with Crippen molar-refractivity contribution in [1.29, 1.82) is 0 Å². The van der Waals surface area contributed by atoms with E-state index in [-0.39, 0.29) is 18.3 Å². The lowest BCUT2D eigenvalue weighted by Crippen LogP contribution is -2.17. The summed E-state index contributed by atoms with van der Waals surface area (Å²) in [4.78, 5) is 12.8. The molecule has 1 saturated carbocycles. The van der Waals surface area contributed by atoms with Crippen molar-refractivity contribution in [1.82, 2.24) is 4.57 Å². The molecule has 0 unspecified atom stereocenters. The van der Waals surface area contributed by atoms with Gasteiger partial charge in [0.25, 0.3) is 5.91 Å². The van der Waals surface area contributed by atoms with Gasteiger partial charge in [-0.2, -0.15) is 0 Å². The molecule has 1 fully saturated rings. The van der Waals surface area contributed by atoms with Crippen LogP contribution in [0.15, 0.2) is 24.3 Å². The molecule has 0 aliphatic heterocycles. The number of nitrogen functional groups attached to an aromatic ring is 1. The molecule has 5 heteroatoms. The first-order chi connectivity index (χ1) is 11.5. The predicted molar refractivity (Wildman–Crippen MR) is 107 cm³/mol. The third-order valence-corrected chi connectivity index (χ3v) is 5.18. The zero-order valence-electron chi connectivity index (χ0n) is 15.3. The maximum atomic E-state index is 12.8. The normalized spacial score (nSPS) is 14.8. The summed E-state index contributed by atoms with van der Waals surface area (Å²) in [6.45, 7) is 6.13. The summed E-state index contributed by atoms with van der Waals surface area (Å²) in [7, 11) is 0. The average molecular weight is 362 g/mol. The molecule has 0 saturated heterocycles. The van der Waals surface area contributed by atoms with Crippen LogP contribution in [0, 0.1) is 20.8 Å². The molecule has 4 nitrogen and oxygen atoms in total. The number of nitrogens with one attached hydrogen (secondary N) is 1. The van der Waals surface area contributed by atoms with Crippen LogP contribution in [0.25, 0.3) is 0 Å². The summed E-state index contributed by atoms with van der Waals surface area (Å²) in [6, 6.07) is 8.14. The number of carbonyl (C=O) groups is 1. The van der Waals surface area contributed by atoms with Crippen LogP contribution < -0.4 is 11.1 Å². The smallest absolute Gasteiger partial charge is 0.257 e. The van der Waals surface area contributed by atoms with E-state index in [1.165, 1.54) is 37.8 Å². The second-order valence-corrected chi connectivity index (χ2v) is 6.98. The highest BCUT2D eigenvalue weighted by Gasteiger charge is 2.22. The number of anilines is 2. The number of aryl methyl sites for hydroxylation is 2. The van der Waals surface area contributed by atoms with Gasteiger partial charge < -0.3 is 15.6 Å². The number of halogens is 1. The van der Waals surface area contributed by atoms with E-state index in [0.29, 0.717) is 11.7 Å². The highest BCUT2D eigenvalue weighted by molar-refractivity contribution is 6.05. The van der Waals surface area contributed by atoms with Crippen LogP contribution in [0.4, 0.5) is 11.4 Å². The molecule has 136 valence electrons. The van der Waals surface area contributed by atoms with E-state index < -0.39 is 0 Å². The zero-order valence-corrected chi connectivity index (χ0v) is 16.1. The van der Waals surface area contributed by atoms with Crippen LogP contribution in [0.2, 0.25) is 0 Å². The van der Waals surface area contributed by atoms with E-state index in [1.807, 2.05) is 31.2 Å².